The van der Waals surface area contributed by atoms with Crippen molar-refractivity contribution in [2.24, 2.45) is 10.9 Å². The summed E-state index contributed by atoms with van der Waals surface area (Å²) in [4.78, 5) is 0. The van der Waals surface area contributed by atoms with Gasteiger partial charge in [0.15, 0.2) is 5.84 Å². The molecule has 1 rings (SSSR count). The number of ether oxygens (including phenoxy) is 1. The molecule has 0 aromatic heterocycles. The summed E-state index contributed by atoms with van der Waals surface area (Å²) in [5.41, 5.74) is 5.76. The van der Waals surface area contributed by atoms with Crippen molar-refractivity contribution in [2.45, 2.75) is 6.10 Å². The van der Waals surface area contributed by atoms with Gasteiger partial charge in [-0.3, -0.25) is 0 Å². The third kappa shape index (κ3) is 2.14. The van der Waals surface area contributed by atoms with Crippen molar-refractivity contribution in [3.63, 3.8) is 0 Å². The zero-order chi connectivity index (χ0) is 10.6. The molecule has 0 saturated carbocycles. The highest BCUT2D eigenvalue weighted by molar-refractivity contribution is 5.85. The van der Waals surface area contributed by atoms with Crippen LogP contribution in [-0.2, 0) is 0 Å². The summed E-state index contributed by atoms with van der Waals surface area (Å²) in [7, 11) is 1.52. The maximum atomic E-state index is 9.54. The maximum absolute atomic E-state index is 9.54. The summed E-state index contributed by atoms with van der Waals surface area (Å²) in [6.45, 7) is 0. The first-order valence-electron chi connectivity index (χ1n) is 3.98. The molecule has 0 bridgehead atoms. The predicted molar refractivity (Wildman–Crippen MR) is 51.4 cm³/mol. The molecule has 0 radical (unpaired) electrons. The Labute approximate surface area is 81.4 Å². The van der Waals surface area contributed by atoms with Crippen molar-refractivity contribution in [3.05, 3.63) is 29.8 Å². The molecular formula is C9H12N2O3. The Morgan fingerprint density at radius 1 is 1.57 bits per heavy atom. The third-order valence-corrected chi connectivity index (χ3v) is 1.81. The van der Waals surface area contributed by atoms with Gasteiger partial charge in [-0.1, -0.05) is 17.3 Å². The molecule has 4 N–H and O–H groups in total. The van der Waals surface area contributed by atoms with Crippen LogP contribution in [0.25, 0.3) is 0 Å². The fourth-order valence-electron chi connectivity index (χ4n) is 1.04. The molecule has 1 aromatic carbocycles. The van der Waals surface area contributed by atoms with E-state index in [2.05, 4.69) is 5.16 Å². The molecule has 0 saturated heterocycles. The topological polar surface area (TPSA) is 88.1 Å². The summed E-state index contributed by atoms with van der Waals surface area (Å²) < 4.78 is 4.96. The lowest BCUT2D eigenvalue weighted by molar-refractivity contribution is 0.232. The highest BCUT2D eigenvalue weighted by Gasteiger charge is 2.12. The molecule has 14 heavy (non-hydrogen) atoms. The van der Waals surface area contributed by atoms with Gasteiger partial charge in [0, 0.05) is 0 Å². The van der Waals surface area contributed by atoms with Gasteiger partial charge in [-0.2, -0.15) is 0 Å². The lowest BCUT2D eigenvalue weighted by Crippen LogP contribution is -2.21. The summed E-state index contributed by atoms with van der Waals surface area (Å²) in [5, 5.41) is 20.6. The molecule has 5 heteroatoms. The molecule has 5 nitrogen and oxygen atoms in total. The van der Waals surface area contributed by atoms with Crippen LogP contribution < -0.4 is 10.5 Å². The Balaban J connectivity index is 2.95. The van der Waals surface area contributed by atoms with Gasteiger partial charge in [0.25, 0.3) is 0 Å². The first-order valence-corrected chi connectivity index (χ1v) is 3.98. The number of oxime groups is 1. The summed E-state index contributed by atoms with van der Waals surface area (Å²) in [5.74, 6) is 0.352. The van der Waals surface area contributed by atoms with Crippen molar-refractivity contribution in [3.8, 4) is 5.75 Å². The monoisotopic (exact) mass is 196 g/mol. The second kappa shape index (κ2) is 4.48. The Morgan fingerprint density at radius 2 is 2.29 bits per heavy atom. The van der Waals surface area contributed by atoms with Crippen LogP contribution in [0.2, 0.25) is 0 Å². The summed E-state index contributed by atoms with van der Waals surface area (Å²) >= 11 is 0. The van der Waals surface area contributed by atoms with Crippen LogP contribution in [0.15, 0.2) is 29.4 Å². The molecule has 1 unspecified atom stereocenters. The van der Waals surface area contributed by atoms with E-state index in [1.54, 1.807) is 24.3 Å². The fourth-order valence-corrected chi connectivity index (χ4v) is 1.04. The van der Waals surface area contributed by atoms with Crippen LogP contribution in [0.5, 0.6) is 5.75 Å². The van der Waals surface area contributed by atoms with E-state index in [1.807, 2.05) is 0 Å². The van der Waals surface area contributed by atoms with Crippen molar-refractivity contribution in [1.29, 1.82) is 0 Å². The lowest BCUT2D eigenvalue weighted by Gasteiger charge is -2.09. The van der Waals surface area contributed by atoms with Crippen molar-refractivity contribution >= 4 is 5.84 Å². The van der Waals surface area contributed by atoms with E-state index in [1.165, 1.54) is 7.11 Å². The second-order valence-electron chi connectivity index (χ2n) is 2.70. The maximum Gasteiger partial charge on any atom is 0.172 e. The summed E-state index contributed by atoms with van der Waals surface area (Å²) in [6.07, 6.45) is -1.12. The first kappa shape index (κ1) is 10.3. The van der Waals surface area contributed by atoms with Crippen molar-refractivity contribution in [2.75, 3.05) is 7.11 Å². The van der Waals surface area contributed by atoms with Crippen LogP contribution in [0.3, 0.4) is 0 Å². The lowest BCUT2D eigenvalue weighted by atomic mass is 10.1. The number of nitrogens with two attached hydrogens (primary N) is 1. The average Bonchev–Trinajstić information content (AvgIpc) is 2.27. The molecule has 0 spiro atoms. The molecule has 1 atom stereocenters. The van der Waals surface area contributed by atoms with Gasteiger partial charge < -0.3 is 20.8 Å². The normalized spacial score (nSPS) is 13.7. The SMILES string of the molecule is COc1cccc(C(O)/C(N)=N/O)c1. The van der Waals surface area contributed by atoms with Crippen LogP contribution in [-0.4, -0.2) is 23.3 Å². The molecule has 0 aliphatic heterocycles. The van der Waals surface area contributed by atoms with E-state index >= 15 is 0 Å². The number of benzene rings is 1. The van der Waals surface area contributed by atoms with Crippen LogP contribution in [0, 0.1) is 0 Å². The largest absolute Gasteiger partial charge is 0.497 e. The Hall–Kier alpha value is -1.75. The minimum absolute atomic E-state index is 0.252. The average molecular weight is 196 g/mol. The zero-order valence-electron chi connectivity index (χ0n) is 7.71. The number of aliphatic hydroxyl groups is 1. The Morgan fingerprint density at radius 3 is 2.86 bits per heavy atom. The number of aliphatic hydroxyl groups excluding tert-OH is 1. The molecule has 0 fully saturated rings. The number of hydrogen-bond donors (Lipinski definition) is 3. The van der Waals surface area contributed by atoms with E-state index in [-0.39, 0.29) is 5.84 Å². The van der Waals surface area contributed by atoms with E-state index in [0.717, 1.165) is 0 Å². The molecule has 0 amide bonds. The number of amidine groups is 1. The molecular weight excluding hydrogens is 184 g/mol. The molecule has 0 aliphatic carbocycles. The minimum atomic E-state index is -1.12. The van der Waals surface area contributed by atoms with Crippen molar-refractivity contribution in [1.82, 2.24) is 0 Å². The molecule has 1 aromatic rings. The van der Waals surface area contributed by atoms with Gasteiger partial charge in [-0.15, -0.1) is 0 Å². The number of rotatable bonds is 3. The summed E-state index contributed by atoms with van der Waals surface area (Å²) in [6, 6.07) is 6.72. The standard InChI is InChI=1S/C9H12N2O3/c1-14-7-4-2-3-6(5-7)8(12)9(10)11-13/h2-5,8,12-13H,1H3,(H2,10,11). The zero-order valence-corrected chi connectivity index (χ0v) is 7.71. The van der Waals surface area contributed by atoms with E-state index in [4.69, 9.17) is 15.7 Å². The highest BCUT2D eigenvalue weighted by atomic mass is 16.5. The Kier molecular flexibility index (Phi) is 3.30. The van der Waals surface area contributed by atoms with Gasteiger partial charge in [-0.25, -0.2) is 0 Å². The first-order chi connectivity index (χ1) is 6.69. The number of hydrogen-bond acceptors (Lipinski definition) is 4. The number of nitrogens with zero attached hydrogens (tertiary/aromatic N) is 1. The van der Waals surface area contributed by atoms with Gasteiger partial charge in [-0.05, 0) is 17.7 Å². The fraction of sp³-hybridized carbons (Fsp3) is 0.222. The third-order valence-electron chi connectivity index (χ3n) is 1.81. The van der Waals surface area contributed by atoms with Crippen LogP contribution >= 0.6 is 0 Å². The van der Waals surface area contributed by atoms with Crippen LogP contribution in [0.4, 0.5) is 0 Å². The molecule has 0 aliphatic rings. The van der Waals surface area contributed by atoms with E-state index in [9.17, 15) is 5.11 Å². The highest BCUT2D eigenvalue weighted by Crippen LogP contribution is 2.18. The second-order valence-corrected chi connectivity index (χ2v) is 2.70. The minimum Gasteiger partial charge on any atom is -0.497 e. The van der Waals surface area contributed by atoms with Crippen LogP contribution in [0.1, 0.15) is 11.7 Å². The van der Waals surface area contributed by atoms with Gasteiger partial charge in [0.05, 0.1) is 7.11 Å². The van der Waals surface area contributed by atoms with E-state index in [0.29, 0.717) is 11.3 Å². The van der Waals surface area contributed by atoms with Crippen molar-refractivity contribution < 1.29 is 15.1 Å². The predicted octanol–water partition coefficient (Wildman–Crippen LogP) is 0.475. The van der Waals surface area contributed by atoms with Gasteiger partial charge in [0.1, 0.15) is 11.9 Å². The molecule has 0 heterocycles. The van der Waals surface area contributed by atoms with E-state index < -0.39 is 6.10 Å². The Bertz CT molecular complexity index is 339. The number of methoxy groups -OCH3 is 1. The quantitative estimate of drug-likeness (QED) is 0.284. The van der Waals surface area contributed by atoms with Gasteiger partial charge in [0.2, 0.25) is 0 Å². The smallest absolute Gasteiger partial charge is 0.172 e. The molecule has 76 valence electrons. The van der Waals surface area contributed by atoms with Gasteiger partial charge >= 0.3 is 0 Å².